The van der Waals surface area contributed by atoms with Crippen LogP contribution in [0.3, 0.4) is 0 Å². The number of hydrogen-bond donors (Lipinski definition) is 1. The van der Waals surface area contributed by atoms with E-state index >= 15 is 0 Å². The quantitative estimate of drug-likeness (QED) is 0.856. The number of halogens is 1. The van der Waals surface area contributed by atoms with E-state index in [-0.39, 0.29) is 18.6 Å². The van der Waals surface area contributed by atoms with Gasteiger partial charge in [-0.3, -0.25) is 9.59 Å². The van der Waals surface area contributed by atoms with E-state index in [4.69, 9.17) is 11.6 Å². The minimum atomic E-state index is -1.26. The third-order valence-electron chi connectivity index (χ3n) is 3.69. The maximum atomic E-state index is 12.3. The van der Waals surface area contributed by atoms with E-state index in [9.17, 15) is 19.5 Å². The summed E-state index contributed by atoms with van der Waals surface area (Å²) in [5.74, 6) is -3.41. The topological polar surface area (TPSA) is 86.3 Å². The van der Waals surface area contributed by atoms with Crippen molar-refractivity contribution in [1.82, 2.24) is 0 Å². The molecule has 0 bridgehead atoms. The number of benzene rings is 1. The standard InChI is InChI=1S/C16H16ClNO4/c1-9(19)10-2-5-12(6-3-10)18-15(20)14-8-11(17)4-7-13(14)16(21)22/h2-6,13-14H,7-8H2,1H3,(H,18,20)(H,21,22)/p-1/t13-,14-/m0/s1. The number of aliphatic carboxylic acids is 1. The molecule has 0 unspecified atom stereocenters. The summed E-state index contributed by atoms with van der Waals surface area (Å²) in [7, 11) is 0. The molecule has 116 valence electrons. The summed E-state index contributed by atoms with van der Waals surface area (Å²) in [6.45, 7) is 1.45. The molecule has 0 aliphatic heterocycles. The maximum Gasteiger partial charge on any atom is 0.228 e. The van der Waals surface area contributed by atoms with Gasteiger partial charge in [0.25, 0.3) is 0 Å². The van der Waals surface area contributed by atoms with Gasteiger partial charge < -0.3 is 15.2 Å². The van der Waals surface area contributed by atoms with Gasteiger partial charge in [0, 0.05) is 28.2 Å². The van der Waals surface area contributed by atoms with E-state index in [1.807, 2.05) is 0 Å². The molecule has 5 nitrogen and oxygen atoms in total. The summed E-state index contributed by atoms with van der Waals surface area (Å²) in [6, 6.07) is 6.40. The predicted molar refractivity (Wildman–Crippen MR) is 80.2 cm³/mol. The zero-order valence-corrected chi connectivity index (χ0v) is 12.7. The molecular weight excluding hydrogens is 306 g/mol. The van der Waals surface area contributed by atoms with E-state index < -0.39 is 23.7 Å². The molecule has 0 radical (unpaired) electrons. The van der Waals surface area contributed by atoms with Gasteiger partial charge >= 0.3 is 0 Å². The zero-order chi connectivity index (χ0) is 16.3. The second-order valence-corrected chi connectivity index (χ2v) is 5.73. The fourth-order valence-electron chi connectivity index (χ4n) is 2.41. The van der Waals surface area contributed by atoms with Crippen molar-refractivity contribution in [3.05, 3.63) is 40.9 Å². The normalized spacial score (nSPS) is 20.9. The smallest absolute Gasteiger partial charge is 0.228 e. The zero-order valence-electron chi connectivity index (χ0n) is 12.0. The van der Waals surface area contributed by atoms with Gasteiger partial charge in [-0.2, -0.15) is 0 Å². The average Bonchev–Trinajstić information content (AvgIpc) is 2.47. The van der Waals surface area contributed by atoms with Crippen LogP contribution in [0, 0.1) is 11.8 Å². The number of hydrogen-bond acceptors (Lipinski definition) is 4. The van der Waals surface area contributed by atoms with Gasteiger partial charge in [0.1, 0.15) is 0 Å². The van der Waals surface area contributed by atoms with Gasteiger partial charge in [-0.1, -0.05) is 17.7 Å². The lowest BCUT2D eigenvalue weighted by atomic mass is 9.82. The van der Waals surface area contributed by atoms with Crippen LogP contribution in [0.4, 0.5) is 5.69 Å². The molecule has 1 amide bonds. The molecule has 6 heteroatoms. The largest absolute Gasteiger partial charge is 0.550 e. The Kier molecular flexibility index (Phi) is 4.98. The highest BCUT2D eigenvalue weighted by Gasteiger charge is 2.32. The van der Waals surface area contributed by atoms with E-state index in [1.54, 1.807) is 30.3 Å². The molecule has 0 heterocycles. The Morgan fingerprint density at radius 2 is 1.82 bits per heavy atom. The summed E-state index contributed by atoms with van der Waals surface area (Å²) >= 11 is 5.91. The van der Waals surface area contributed by atoms with Crippen molar-refractivity contribution in [2.75, 3.05) is 5.32 Å². The van der Waals surface area contributed by atoms with Gasteiger partial charge in [0.2, 0.25) is 5.91 Å². The van der Waals surface area contributed by atoms with Crippen molar-refractivity contribution >= 4 is 34.9 Å². The molecule has 0 saturated heterocycles. The number of carboxylic acids is 1. The number of amides is 1. The number of nitrogens with one attached hydrogen (secondary N) is 1. The summed E-state index contributed by atoms with van der Waals surface area (Å²) in [4.78, 5) is 34.6. The fourth-order valence-corrected chi connectivity index (χ4v) is 2.67. The van der Waals surface area contributed by atoms with Crippen molar-refractivity contribution in [2.24, 2.45) is 11.8 Å². The summed E-state index contributed by atoms with van der Waals surface area (Å²) in [5.41, 5.74) is 1.03. The molecule has 1 N–H and O–H groups in total. The number of carboxylic acid groups (broad SMARTS) is 1. The summed E-state index contributed by atoms with van der Waals surface area (Å²) < 4.78 is 0. The molecule has 1 aromatic carbocycles. The van der Waals surface area contributed by atoms with Crippen LogP contribution >= 0.6 is 11.6 Å². The maximum absolute atomic E-state index is 12.3. The highest BCUT2D eigenvalue weighted by Crippen LogP contribution is 2.32. The number of Topliss-reactive ketones (excluding diaryl/α,β-unsaturated/α-hetero) is 1. The predicted octanol–water partition coefficient (Wildman–Crippen LogP) is 1.73. The molecule has 0 spiro atoms. The van der Waals surface area contributed by atoms with Gasteiger partial charge in [0.15, 0.2) is 5.78 Å². The third-order valence-corrected chi connectivity index (χ3v) is 4.00. The van der Waals surface area contributed by atoms with Crippen molar-refractivity contribution in [3.63, 3.8) is 0 Å². The molecule has 1 aromatic rings. The Morgan fingerprint density at radius 1 is 1.18 bits per heavy atom. The van der Waals surface area contributed by atoms with Crippen LogP contribution in [-0.2, 0) is 9.59 Å². The van der Waals surface area contributed by atoms with Crippen LogP contribution in [-0.4, -0.2) is 17.7 Å². The molecule has 2 rings (SSSR count). The van der Waals surface area contributed by atoms with Gasteiger partial charge in [0.05, 0.1) is 5.92 Å². The first-order chi connectivity index (χ1) is 10.4. The Balaban J connectivity index is 2.11. The van der Waals surface area contributed by atoms with E-state index in [0.29, 0.717) is 16.3 Å². The third kappa shape index (κ3) is 3.74. The summed E-state index contributed by atoms with van der Waals surface area (Å²) in [5, 5.41) is 14.3. The van der Waals surface area contributed by atoms with E-state index in [2.05, 4.69) is 5.32 Å². The van der Waals surface area contributed by atoms with Crippen LogP contribution in [0.25, 0.3) is 0 Å². The number of carbonyl (C=O) groups is 3. The number of anilines is 1. The summed E-state index contributed by atoms with van der Waals surface area (Å²) in [6.07, 6.45) is 1.97. The molecule has 0 fully saturated rings. The van der Waals surface area contributed by atoms with Crippen LogP contribution in [0.15, 0.2) is 35.4 Å². The van der Waals surface area contributed by atoms with Gasteiger partial charge in [-0.25, -0.2) is 0 Å². The van der Waals surface area contributed by atoms with Crippen LogP contribution < -0.4 is 10.4 Å². The first-order valence-electron chi connectivity index (χ1n) is 6.85. The number of ketones is 1. The number of carbonyl (C=O) groups excluding carboxylic acids is 3. The van der Waals surface area contributed by atoms with Crippen molar-refractivity contribution in [3.8, 4) is 0 Å². The molecule has 22 heavy (non-hydrogen) atoms. The Labute approximate surface area is 133 Å². The molecular formula is C16H15ClNO4-. The lowest BCUT2D eigenvalue weighted by Crippen LogP contribution is -2.42. The first kappa shape index (κ1) is 16.2. The van der Waals surface area contributed by atoms with E-state index in [1.165, 1.54) is 6.92 Å². The fraction of sp³-hybridized carbons (Fsp3) is 0.312. The van der Waals surface area contributed by atoms with Crippen LogP contribution in [0.2, 0.25) is 0 Å². The highest BCUT2D eigenvalue weighted by atomic mass is 35.5. The van der Waals surface area contributed by atoms with Gasteiger partial charge in [-0.15, -0.1) is 0 Å². The SMILES string of the molecule is CC(=O)c1ccc(NC(=O)[C@H]2CC(Cl)=CC[C@@H]2C(=O)[O-])cc1. The van der Waals surface area contributed by atoms with Crippen molar-refractivity contribution in [2.45, 2.75) is 19.8 Å². The van der Waals surface area contributed by atoms with Gasteiger partial charge in [-0.05, 0) is 44.0 Å². The van der Waals surface area contributed by atoms with Crippen LogP contribution in [0.5, 0.6) is 0 Å². The average molecular weight is 321 g/mol. The van der Waals surface area contributed by atoms with Crippen molar-refractivity contribution in [1.29, 1.82) is 0 Å². The molecule has 1 aliphatic rings. The van der Waals surface area contributed by atoms with Crippen molar-refractivity contribution < 1.29 is 19.5 Å². The number of rotatable bonds is 4. The Bertz CT molecular complexity index is 636. The lowest BCUT2D eigenvalue weighted by Gasteiger charge is -2.29. The molecule has 1 aliphatic carbocycles. The Hall–Kier alpha value is -2.14. The molecule has 0 aromatic heterocycles. The first-order valence-corrected chi connectivity index (χ1v) is 7.23. The lowest BCUT2D eigenvalue weighted by molar-refractivity contribution is -0.313. The van der Waals surface area contributed by atoms with Crippen LogP contribution in [0.1, 0.15) is 30.1 Å². The Morgan fingerprint density at radius 3 is 2.36 bits per heavy atom. The number of allylic oxidation sites excluding steroid dienone is 2. The molecule has 2 atom stereocenters. The minimum absolute atomic E-state index is 0.0703. The second-order valence-electron chi connectivity index (χ2n) is 5.25. The second kappa shape index (κ2) is 6.75. The minimum Gasteiger partial charge on any atom is -0.550 e. The van der Waals surface area contributed by atoms with E-state index in [0.717, 1.165) is 0 Å². The molecule has 0 saturated carbocycles. The highest BCUT2D eigenvalue weighted by molar-refractivity contribution is 6.29. The monoisotopic (exact) mass is 320 g/mol.